The standard InChI is InChI=1S/C49H57ClN7O7PS/c1-48(2)14-12-37(43(30-48)34-4-7-38(50)8-5-34)32-54-18-20-56(21-19-54)39-9-11-42(45(27-39)64-40-26-35-13-17-51-46(35)52-31-40)47(58)53-66(62,63)41-10-6-36(44(28-41)57(59)60)29-49(15-16-49)33-55-22-24-65(3,61)25-23-55/h4-11,13,17,26-28,31H,12,14-16,18-25,29-30,32-33H2,1-3H3,(H,51,52)(H,53,58). The van der Waals surface area contributed by atoms with E-state index in [0.29, 0.717) is 35.7 Å². The summed E-state index contributed by atoms with van der Waals surface area (Å²) in [5.74, 6) is -0.459. The molecule has 2 N–H and O–H groups in total. The number of aromatic nitrogens is 2. The number of allylic oxidation sites excluding steroid dienone is 1. The predicted molar refractivity (Wildman–Crippen MR) is 260 cm³/mol. The van der Waals surface area contributed by atoms with E-state index in [2.05, 4.69) is 55.4 Å². The van der Waals surface area contributed by atoms with Gasteiger partial charge in [-0.3, -0.25) is 19.8 Å². The van der Waals surface area contributed by atoms with E-state index in [1.165, 1.54) is 35.0 Å². The van der Waals surface area contributed by atoms with E-state index in [4.69, 9.17) is 16.3 Å². The van der Waals surface area contributed by atoms with Crippen LogP contribution in [0.3, 0.4) is 0 Å². The molecule has 4 heterocycles. The number of piperazine rings is 1. The number of nitro benzene ring substituents is 1. The fourth-order valence-electron chi connectivity index (χ4n) is 9.78. The van der Waals surface area contributed by atoms with Gasteiger partial charge in [0.2, 0.25) is 0 Å². The maximum absolute atomic E-state index is 14.1. The minimum Gasteiger partial charge on any atom is -0.455 e. The van der Waals surface area contributed by atoms with Gasteiger partial charge in [-0.2, -0.15) is 0 Å². The molecule has 1 saturated carbocycles. The van der Waals surface area contributed by atoms with E-state index in [1.807, 2.05) is 24.9 Å². The molecular formula is C49H57ClN7O7PS. The van der Waals surface area contributed by atoms with E-state index in [0.717, 1.165) is 107 Å². The van der Waals surface area contributed by atoms with Gasteiger partial charge in [-0.1, -0.05) is 49.2 Å². The zero-order chi connectivity index (χ0) is 46.4. The van der Waals surface area contributed by atoms with Gasteiger partial charge < -0.3 is 24.1 Å². The quantitative estimate of drug-likeness (QED) is 0.0617. The van der Waals surface area contributed by atoms with Gasteiger partial charge in [-0.15, -0.1) is 0 Å². The molecule has 66 heavy (non-hydrogen) atoms. The fourth-order valence-corrected chi connectivity index (χ4v) is 12.5. The Labute approximate surface area is 391 Å². The summed E-state index contributed by atoms with van der Waals surface area (Å²) < 4.78 is 48.8. The Morgan fingerprint density at radius 3 is 2.41 bits per heavy atom. The second kappa shape index (κ2) is 18.2. The molecule has 17 heteroatoms. The van der Waals surface area contributed by atoms with Gasteiger partial charge in [-0.25, -0.2) is 18.1 Å². The summed E-state index contributed by atoms with van der Waals surface area (Å²) in [4.78, 5) is 40.0. The highest BCUT2D eigenvalue weighted by atomic mass is 35.5. The third kappa shape index (κ3) is 10.6. The number of nitro groups is 1. The lowest BCUT2D eigenvalue weighted by atomic mass is 9.72. The highest BCUT2D eigenvalue weighted by Crippen LogP contribution is 2.52. The highest BCUT2D eigenvalue weighted by molar-refractivity contribution is 7.90. The van der Waals surface area contributed by atoms with Crippen LogP contribution in [0, 0.1) is 20.9 Å². The number of carbonyl (C=O) groups excluding carboxylic acids is 1. The number of halogens is 1. The Morgan fingerprint density at radius 1 is 0.955 bits per heavy atom. The van der Waals surface area contributed by atoms with Crippen molar-refractivity contribution in [2.24, 2.45) is 10.8 Å². The molecule has 2 aromatic heterocycles. The van der Waals surface area contributed by atoms with E-state index in [-0.39, 0.29) is 27.8 Å². The van der Waals surface area contributed by atoms with Crippen LogP contribution in [0.1, 0.15) is 67.4 Å². The van der Waals surface area contributed by atoms with Gasteiger partial charge in [0.15, 0.2) is 0 Å². The van der Waals surface area contributed by atoms with Crippen molar-refractivity contribution in [3.63, 3.8) is 0 Å². The number of sulfonamides is 1. The number of hydrogen-bond acceptors (Lipinski definition) is 11. The van der Waals surface area contributed by atoms with E-state index >= 15 is 0 Å². The number of pyridine rings is 1. The Hall–Kier alpha value is -5.05. The number of anilines is 1. The average molecular weight is 955 g/mol. The summed E-state index contributed by atoms with van der Waals surface area (Å²) in [7, 11) is -6.66. The van der Waals surface area contributed by atoms with Crippen molar-refractivity contribution in [2.75, 3.05) is 76.2 Å². The van der Waals surface area contributed by atoms with Crippen molar-refractivity contribution in [3.05, 3.63) is 123 Å². The molecule has 5 aromatic rings. The Morgan fingerprint density at radius 2 is 1.70 bits per heavy atom. The van der Waals surface area contributed by atoms with Crippen LogP contribution in [0.4, 0.5) is 11.4 Å². The number of nitrogens with one attached hydrogen (secondary N) is 2. The zero-order valence-corrected chi connectivity index (χ0v) is 40.2. The molecule has 2 saturated heterocycles. The van der Waals surface area contributed by atoms with E-state index in [9.17, 15) is 27.9 Å². The number of aromatic amines is 1. The number of benzene rings is 3. The van der Waals surface area contributed by atoms with Crippen molar-refractivity contribution >= 4 is 62.7 Å². The first kappa shape index (κ1) is 46.1. The summed E-state index contributed by atoms with van der Waals surface area (Å²) in [6, 6.07) is 20.8. The van der Waals surface area contributed by atoms with Gasteiger partial charge in [0.1, 0.15) is 17.1 Å². The van der Waals surface area contributed by atoms with Gasteiger partial charge in [0.05, 0.1) is 28.7 Å². The van der Waals surface area contributed by atoms with Crippen molar-refractivity contribution in [3.8, 4) is 11.5 Å². The van der Waals surface area contributed by atoms with Crippen molar-refractivity contribution in [1.82, 2.24) is 24.5 Å². The lowest BCUT2D eigenvalue weighted by Crippen LogP contribution is -2.47. The SMILES string of the molecule is CC1(C)CCC(CN2CCN(c3ccc(C(=O)NS(=O)(=O)c4ccc(CC5(CN6CCP(C)(=O)CC6)CC5)c([N+](=O)[O-])c4)c(Oc4cnc5[nH]ccc5c4)c3)CC2)=C(c2ccc(Cl)cc2)C1. The average Bonchev–Trinajstić information content (AvgIpc) is 3.86. The summed E-state index contributed by atoms with van der Waals surface area (Å²) >= 11 is 6.25. The van der Waals surface area contributed by atoms with Crippen LogP contribution in [0.25, 0.3) is 16.6 Å². The molecule has 2 aliphatic heterocycles. The van der Waals surface area contributed by atoms with Crippen molar-refractivity contribution in [1.29, 1.82) is 0 Å². The summed E-state index contributed by atoms with van der Waals surface area (Å²) in [6.45, 7) is 12.7. The molecule has 0 bridgehead atoms. The number of fused-ring (bicyclic) bond motifs is 1. The van der Waals surface area contributed by atoms with E-state index < -0.39 is 32.9 Å². The van der Waals surface area contributed by atoms with Crippen LogP contribution in [-0.4, -0.2) is 110 Å². The maximum atomic E-state index is 14.1. The molecule has 14 nitrogen and oxygen atoms in total. The normalized spacial score (nSPS) is 19.7. The monoisotopic (exact) mass is 953 g/mol. The van der Waals surface area contributed by atoms with Crippen LogP contribution >= 0.6 is 18.7 Å². The molecule has 4 aliphatic rings. The maximum Gasteiger partial charge on any atom is 0.273 e. The first-order valence-electron chi connectivity index (χ1n) is 22.7. The number of nitrogens with zero attached hydrogens (tertiary/aromatic N) is 5. The predicted octanol–water partition coefficient (Wildman–Crippen LogP) is 9.45. The molecule has 3 fully saturated rings. The molecule has 0 radical (unpaired) electrons. The lowest BCUT2D eigenvalue weighted by Gasteiger charge is -2.39. The number of amides is 1. The minimum absolute atomic E-state index is 0.0315. The van der Waals surface area contributed by atoms with Crippen molar-refractivity contribution in [2.45, 2.75) is 57.3 Å². The lowest BCUT2D eigenvalue weighted by molar-refractivity contribution is -0.385. The topological polar surface area (TPSA) is 171 Å². The largest absolute Gasteiger partial charge is 0.455 e. The number of H-pyrrole nitrogens is 1. The molecule has 348 valence electrons. The molecular weight excluding hydrogens is 897 g/mol. The number of ether oxygens (including phenoxy) is 1. The second-order valence-electron chi connectivity index (χ2n) is 19.7. The third-order valence-electron chi connectivity index (χ3n) is 14.0. The highest BCUT2D eigenvalue weighted by Gasteiger charge is 2.46. The Kier molecular flexibility index (Phi) is 12.7. The first-order chi connectivity index (χ1) is 31.4. The van der Waals surface area contributed by atoms with Crippen LogP contribution in [0.2, 0.25) is 5.02 Å². The van der Waals surface area contributed by atoms with Gasteiger partial charge in [-0.05, 0) is 110 Å². The molecule has 0 spiro atoms. The van der Waals surface area contributed by atoms with Crippen molar-refractivity contribution < 1.29 is 27.4 Å². The fraction of sp³-hybridized carbons (Fsp3) is 0.429. The molecule has 2 aliphatic carbocycles. The van der Waals surface area contributed by atoms with Crippen LogP contribution in [-0.2, 0) is 21.0 Å². The first-order valence-corrected chi connectivity index (χ1v) is 27.1. The molecule has 0 atom stereocenters. The Bertz CT molecular complexity index is 2860. The van der Waals surface area contributed by atoms with Crippen LogP contribution in [0.15, 0.2) is 95.7 Å². The summed E-state index contributed by atoms with van der Waals surface area (Å²) in [5.41, 5.74) is 5.75. The van der Waals surface area contributed by atoms with E-state index in [1.54, 1.807) is 30.5 Å². The van der Waals surface area contributed by atoms with Gasteiger partial charge >= 0.3 is 0 Å². The van der Waals surface area contributed by atoms with Crippen LogP contribution in [0.5, 0.6) is 11.5 Å². The molecule has 1 amide bonds. The zero-order valence-electron chi connectivity index (χ0n) is 37.7. The number of rotatable bonds is 14. The Balaban J connectivity index is 0.919. The minimum atomic E-state index is -4.57. The number of hydrogen-bond donors (Lipinski definition) is 2. The molecule has 9 rings (SSSR count). The molecule has 0 unspecified atom stereocenters. The molecule has 3 aromatic carbocycles. The van der Waals surface area contributed by atoms with Crippen LogP contribution < -0.4 is 14.4 Å². The summed E-state index contributed by atoms with van der Waals surface area (Å²) in [5, 5.41) is 13.9. The summed E-state index contributed by atoms with van der Waals surface area (Å²) in [6.07, 6.45) is 10.0. The third-order valence-corrected chi connectivity index (χ3v) is 17.9. The smallest absolute Gasteiger partial charge is 0.273 e. The second-order valence-corrected chi connectivity index (χ2v) is 25.3. The van der Waals surface area contributed by atoms with Gasteiger partial charge in [0.25, 0.3) is 21.6 Å². The number of carbonyl (C=O) groups is 1. The van der Waals surface area contributed by atoms with Gasteiger partial charge in [0, 0.05) is 105 Å².